The average molecular weight is 336 g/mol. The molecule has 1 amide bonds. The lowest BCUT2D eigenvalue weighted by atomic mass is 10.0. The molecular formula is C21H24N2O2. The summed E-state index contributed by atoms with van der Waals surface area (Å²) in [4.78, 5) is 12.6. The van der Waals surface area contributed by atoms with E-state index in [4.69, 9.17) is 4.74 Å². The largest absolute Gasteiger partial charge is 0.497 e. The number of fused-ring (bicyclic) bond motifs is 1. The van der Waals surface area contributed by atoms with Gasteiger partial charge in [0.25, 0.3) is 0 Å². The van der Waals surface area contributed by atoms with Crippen molar-refractivity contribution in [3.8, 4) is 5.75 Å². The van der Waals surface area contributed by atoms with Crippen LogP contribution >= 0.6 is 0 Å². The van der Waals surface area contributed by atoms with Crippen LogP contribution in [0, 0.1) is 6.92 Å². The van der Waals surface area contributed by atoms with Gasteiger partial charge in [-0.15, -0.1) is 0 Å². The number of carbonyl (C=O) groups is 1. The molecule has 4 nitrogen and oxygen atoms in total. The third-order valence-corrected chi connectivity index (χ3v) is 4.58. The molecule has 3 aromatic rings. The molecule has 0 spiro atoms. The molecule has 0 radical (unpaired) electrons. The van der Waals surface area contributed by atoms with Crippen molar-refractivity contribution in [1.82, 2.24) is 9.88 Å². The summed E-state index contributed by atoms with van der Waals surface area (Å²) in [6.45, 7) is 4.44. The zero-order valence-electron chi connectivity index (χ0n) is 15.0. The summed E-state index contributed by atoms with van der Waals surface area (Å²) in [6, 6.07) is 18.1. The summed E-state index contributed by atoms with van der Waals surface area (Å²) in [7, 11) is 1.65. The maximum absolute atomic E-state index is 12.6. The van der Waals surface area contributed by atoms with Gasteiger partial charge in [0, 0.05) is 11.2 Å². The smallest absolute Gasteiger partial charge is 0.240 e. The first-order valence-corrected chi connectivity index (χ1v) is 8.60. The summed E-state index contributed by atoms with van der Waals surface area (Å²) < 4.78 is 7.26. The molecule has 1 atom stereocenters. The van der Waals surface area contributed by atoms with Crippen LogP contribution in [0.4, 0.5) is 0 Å². The maximum atomic E-state index is 12.6. The van der Waals surface area contributed by atoms with E-state index in [0.717, 1.165) is 34.3 Å². The Labute approximate surface area is 148 Å². The second-order valence-electron chi connectivity index (χ2n) is 6.23. The Morgan fingerprint density at radius 3 is 2.56 bits per heavy atom. The molecule has 2 aromatic carbocycles. The number of carbonyl (C=O) groups excluding carboxylic acids is 1. The molecule has 0 aliphatic heterocycles. The summed E-state index contributed by atoms with van der Waals surface area (Å²) in [5.74, 6) is 0.839. The Kier molecular flexibility index (Phi) is 5.08. The molecule has 130 valence electrons. The molecule has 1 heterocycles. The molecule has 4 heteroatoms. The molecule has 0 unspecified atom stereocenters. The monoisotopic (exact) mass is 336 g/mol. The lowest BCUT2D eigenvalue weighted by molar-refractivity contribution is -0.122. The molecule has 0 aliphatic carbocycles. The van der Waals surface area contributed by atoms with Crippen LogP contribution in [-0.2, 0) is 11.3 Å². The Balaban J connectivity index is 1.74. The van der Waals surface area contributed by atoms with E-state index in [2.05, 4.69) is 35.0 Å². The minimum absolute atomic E-state index is 0.000499. The van der Waals surface area contributed by atoms with Gasteiger partial charge in [-0.25, -0.2) is 0 Å². The minimum Gasteiger partial charge on any atom is -0.497 e. The van der Waals surface area contributed by atoms with Crippen molar-refractivity contribution < 1.29 is 9.53 Å². The predicted octanol–water partition coefficient (Wildman–Crippen LogP) is 4.23. The summed E-state index contributed by atoms with van der Waals surface area (Å²) >= 11 is 0. The molecule has 0 aliphatic rings. The fourth-order valence-electron chi connectivity index (χ4n) is 3.20. The number of nitrogens with one attached hydrogen (secondary N) is 1. The van der Waals surface area contributed by atoms with E-state index in [1.54, 1.807) is 7.11 Å². The third kappa shape index (κ3) is 3.68. The van der Waals surface area contributed by atoms with E-state index in [-0.39, 0.29) is 11.9 Å². The van der Waals surface area contributed by atoms with Crippen molar-refractivity contribution in [3.63, 3.8) is 0 Å². The highest BCUT2D eigenvalue weighted by Crippen LogP contribution is 2.21. The topological polar surface area (TPSA) is 43.3 Å². The normalized spacial score (nSPS) is 12.1. The number of aromatic nitrogens is 1. The molecule has 0 saturated carbocycles. The predicted molar refractivity (Wildman–Crippen MR) is 101 cm³/mol. The lowest BCUT2D eigenvalue weighted by Gasteiger charge is -2.19. The number of hydrogen-bond acceptors (Lipinski definition) is 2. The molecule has 25 heavy (non-hydrogen) atoms. The van der Waals surface area contributed by atoms with Crippen molar-refractivity contribution >= 4 is 16.8 Å². The highest BCUT2D eigenvalue weighted by molar-refractivity contribution is 5.84. The Bertz CT molecular complexity index is 865. The van der Waals surface area contributed by atoms with Gasteiger partial charge >= 0.3 is 0 Å². The van der Waals surface area contributed by atoms with Gasteiger partial charge in [-0.3, -0.25) is 4.79 Å². The van der Waals surface area contributed by atoms with Crippen molar-refractivity contribution in [2.75, 3.05) is 7.11 Å². The van der Waals surface area contributed by atoms with E-state index in [1.165, 1.54) is 0 Å². The maximum Gasteiger partial charge on any atom is 0.240 e. The van der Waals surface area contributed by atoms with Crippen LogP contribution in [0.5, 0.6) is 5.75 Å². The second-order valence-corrected chi connectivity index (χ2v) is 6.23. The van der Waals surface area contributed by atoms with E-state index in [0.29, 0.717) is 6.54 Å². The number of nitrogens with zero attached hydrogens (tertiary/aromatic N) is 1. The number of benzene rings is 2. The van der Waals surface area contributed by atoms with Crippen LogP contribution in [0.3, 0.4) is 0 Å². The fraction of sp³-hybridized carbons (Fsp3) is 0.286. The average Bonchev–Trinajstić information content (AvgIpc) is 2.95. The molecule has 0 saturated heterocycles. The zero-order chi connectivity index (χ0) is 17.8. The van der Waals surface area contributed by atoms with Crippen LogP contribution in [-0.4, -0.2) is 17.6 Å². The quantitative estimate of drug-likeness (QED) is 0.732. The molecule has 1 aromatic heterocycles. The zero-order valence-corrected chi connectivity index (χ0v) is 15.0. The Morgan fingerprint density at radius 2 is 1.88 bits per heavy atom. The summed E-state index contributed by atoms with van der Waals surface area (Å²) in [5, 5.41) is 4.31. The molecule has 1 N–H and O–H groups in total. The standard InChI is InChI=1S/C21H24N2O2/c1-4-19(16-9-11-18(25-3)12-10-16)22-21(24)14-23-15(2)13-17-7-5-6-8-20(17)23/h5-13,19H,4,14H2,1-3H3,(H,22,24)/t19-/m1/s1. The van der Waals surface area contributed by atoms with Crippen LogP contribution < -0.4 is 10.1 Å². The van der Waals surface area contributed by atoms with Gasteiger partial charge in [-0.05, 0) is 48.6 Å². The van der Waals surface area contributed by atoms with Crippen LogP contribution in [0.2, 0.25) is 0 Å². The number of amides is 1. The number of aryl methyl sites for hydroxylation is 1. The van der Waals surface area contributed by atoms with Crippen molar-refractivity contribution in [3.05, 3.63) is 65.9 Å². The SMILES string of the molecule is CC[C@@H](NC(=O)Cn1c(C)cc2ccccc21)c1ccc(OC)cc1. The van der Waals surface area contributed by atoms with E-state index in [1.807, 2.05) is 43.3 Å². The van der Waals surface area contributed by atoms with Gasteiger partial charge in [0.05, 0.1) is 13.2 Å². The number of hydrogen-bond donors (Lipinski definition) is 1. The number of para-hydroxylation sites is 1. The van der Waals surface area contributed by atoms with Gasteiger partial charge in [0.2, 0.25) is 5.91 Å². The van der Waals surface area contributed by atoms with Gasteiger partial charge in [-0.2, -0.15) is 0 Å². The van der Waals surface area contributed by atoms with Crippen molar-refractivity contribution in [2.24, 2.45) is 0 Å². The highest BCUT2D eigenvalue weighted by atomic mass is 16.5. The molecule has 3 rings (SSSR count). The van der Waals surface area contributed by atoms with Crippen molar-refractivity contribution in [2.45, 2.75) is 32.9 Å². The highest BCUT2D eigenvalue weighted by Gasteiger charge is 2.15. The van der Waals surface area contributed by atoms with Gasteiger partial charge in [0.15, 0.2) is 0 Å². The van der Waals surface area contributed by atoms with Gasteiger partial charge < -0.3 is 14.6 Å². The minimum atomic E-state index is 0.000499. The van der Waals surface area contributed by atoms with E-state index < -0.39 is 0 Å². The van der Waals surface area contributed by atoms with E-state index in [9.17, 15) is 4.79 Å². The first kappa shape index (κ1) is 17.1. The summed E-state index contributed by atoms with van der Waals surface area (Å²) in [5.41, 5.74) is 3.27. The first-order chi connectivity index (χ1) is 12.1. The van der Waals surface area contributed by atoms with Crippen LogP contribution in [0.15, 0.2) is 54.6 Å². The van der Waals surface area contributed by atoms with Gasteiger partial charge in [-0.1, -0.05) is 37.3 Å². The van der Waals surface area contributed by atoms with Crippen molar-refractivity contribution in [1.29, 1.82) is 0 Å². The van der Waals surface area contributed by atoms with Crippen LogP contribution in [0.25, 0.3) is 10.9 Å². The first-order valence-electron chi connectivity index (χ1n) is 8.60. The lowest BCUT2D eigenvalue weighted by Crippen LogP contribution is -2.31. The Hall–Kier alpha value is -2.75. The van der Waals surface area contributed by atoms with E-state index >= 15 is 0 Å². The number of ether oxygens (including phenoxy) is 1. The molecule has 0 fully saturated rings. The van der Waals surface area contributed by atoms with Gasteiger partial charge in [0.1, 0.15) is 12.3 Å². The number of methoxy groups -OCH3 is 1. The Morgan fingerprint density at radius 1 is 1.16 bits per heavy atom. The second kappa shape index (κ2) is 7.43. The number of rotatable bonds is 6. The van der Waals surface area contributed by atoms with Crippen LogP contribution in [0.1, 0.15) is 30.6 Å². The summed E-state index contributed by atoms with van der Waals surface area (Å²) in [6.07, 6.45) is 0.837. The molecular weight excluding hydrogens is 312 g/mol. The fourth-order valence-corrected chi connectivity index (χ4v) is 3.20. The third-order valence-electron chi connectivity index (χ3n) is 4.58. The molecule has 0 bridgehead atoms.